The van der Waals surface area contributed by atoms with Crippen molar-refractivity contribution in [1.29, 1.82) is 0 Å². The maximum Gasteiger partial charge on any atom is 0.152 e. The predicted octanol–water partition coefficient (Wildman–Crippen LogP) is 1.32. The van der Waals surface area contributed by atoms with Gasteiger partial charge in [-0.15, -0.1) is 0 Å². The van der Waals surface area contributed by atoms with Crippen LogP contribution in [0.1, 0.15) is 18.5 Å². The number of likely N-dealkylation sites (tertiary alicyclic amines) is 1. The van der Waals surface area contributed by atoms with E-state index in [1.54, 1.807) is 0 Å². The number of hydrogen-bond acceptors (Lipinski definition) is 4. The summed E-state index contributed by atoms with van der Waals surface area (Å²) in [6, 6.07) is 6.05. The molecule has 0 spiro atoms. The van der Waals surface area contributed by atoms with Gasteiger partial charge in [-0.25, -0.2) is 4.98 Å². The number of pyridine rings is 1. The Morgan fingerprint density at radius 2 is 2.10 bits per heavy atom. The zero-order valence-corrected chi connectivity index (χ0v) is 12.1. The zero-order chi connectivity index (χ0) is 13.9. The van der Waals surface area contributed by atoms with Crippen molar-refractivity contribution in [3.8, 4) is 0 Å². The largest absolute Gasteiger partial charge is 0.357 e. The number of fused-ring (bicyclic) bond motifs is 1. The molecule has 0 bridgehead atoms. The lowest BCUT2D eigenvalue weighted by Crippen LogP contribution is -2.32. The van der Waals surface area contributed by atoms with Crippen LogP contribution in [-0.2, 0) is 6.54 Å². The third kappa shape index (κ3) is 2.51. The van der Waals surface area contributed by atoms with Crippen LogP contribution in [0.4, 0.5) is 5.82 Å². The Morgan fingerprint density at radius 3 is 2.85 bits per heavy atom. The summed E-state index contributed by atoms with van der Waals surface area (Å²) < 4.78 is 2.09. The van der Waals surface area contributed by atoms with E-state index < -0.39 is 0 Å². The first-order valence-electron chi connectivity index (χ1n) is 7.39. The number of anilines is 1. The lowest BCUT2D eigenvalue weighted by Gasteiger charge is -2.22. The van der Waals surface area contributed by atoms with Gasteiger partial charge in [-0.3, -0.25) is 0 Å². The molecule has 1 saturated heterocycles. The molecule has 0 amide bonds. The predicted molar refractivity (Wildman–Crippen MR) is 82.0 cm³/mol. The maximum atomic E-state index is 5.92. The monoisotopic (exact) mass is 273 g/mol. The minimum atomic E-state index is 0.508. The Labute approximate surface area is 120 Å². The Bertz CT molecular complexity index is 571. The highest BCUT2D eigenvalue weighted by molar-refractivity contribution is 5.55. The van der Waals surface area contributed by atoms with Crippen LogP contribution in [0.2, 0.25) is 0 Å². The van der Waals surface area contributed by atoms with E-state index in [0.717, 1.165) is 30.2 Å². The number of hydrogen-bond donors (Lipinski definition) is 1. The molecule has 5 heteroatoms. The van der Waals surface area contributed by atoms with Crippen LogP contribution in [0.15, 0.2) is 24.4 Å². The van der Waals surface area contributed by atoms with Gasteiger partial charge in [0.1, 0.15) is 5.65 Å². The molecule has 0 atom stereocenters. The lowest BCUT2D eigenvalue weighted by molar-refractivity contribution is 0.346. The summed E-state index contributed by atoms with van der Waals surface area (Å²) in [7, 11) is 2.11. The third-order valence-corrected chi connectivity index (χ3v) is 4.11. The van der Waals surface area contributed by atoms with E-state index in [1.807, 2.05) is 24.4 Å². The number of imidazole rings is 1. The van der Waals surface area contributed by atoms with Crippen molar-refractivity contribution < 1.29 is 0 Å². The van der Waals surface area contributed by atoms with Crippen molar-refractivity contribution in [3.05, 3.63) is 30.1 Å². The average molecular weight is 273 g/mol. The molecule has 5 nitrogen and oxygen atoms in total. The molecule has 2 aromatic rings. The molecular weight excluding hydrogens is 250 g/mol. The average Bonchev–Trinajstić information content (AvgIpc) is 3.11. The van der Waals surface area contributed by atoms with Crippen molar-refractivity contribution >= 4 is 11.5 Å². The molecular formula is C15H23N5. The molecule has 0 unspecified atom stereocenters. The number of nitrogens with two attached hydrogens (primary N) is 1. The summed E-state index contributed by atoms with van der Waals surface area (Å²) in [6.07, 6.45) is 4.71. The number of aromatic nitrogens is 2. The van der Waals surface area contributed by atoms with Gasteiger partial charge in [0.05, 0.1) is 5.69 Å². The molecule has 2 aromatic heterocycles. The molecule has 20 heavy (non-hydrogen) atoms. The molecule has 1 aliphatic heterocycles. The number of rotatable bonds is 5. The van der Waals surface area contributed by atoms with E-state index in [0.29, 0.717) is 6.54 Å². The number of nitrogens with zero attached hydrogens (tertiary/aromatic N) is 4. The minimum absolute atomic E-state index is 0.508. The van der Waals surface area contributed by atoms with Crippen molar-refractivity contribution in [3.63, 3.8) is 0 Å². The highest BCUT2D eigenvalue weighted by atomic mass is 15.2. The molecule has 3 heterocycles. The summed E-state index contributed by atoms with van der Waals surface area (Å²) in [5, 5.41) is 0. The summed E-state index contributed by atoms with van der Waals surface area (Å²) in [5.41, 5.74) is 7.98. The summed E-state index contributed by atoms with van der Waals surface area (Å²) in [4.78, 5) is 9.47. The Kier molecular flexibility index (Phi) is 3.89. The van der Waals surface area contributed by atoms with E-state index in [-0.39, 0.29) is 0 Å². The SMILES string of the molecule is CN(CCN1CCCC1)c1nc2ccccn2c1CN. The van der Waals surface area contributed by atoms with Crippen LogP contribution < -0.4 is 10.6 Å². The fraction of sp³-hybridized carbons (Fsp3) is 0.533. The van der Waals surface area contributed by atoms with Gasteiger partial charge in [0.25, 0.3) is 0 Å². The molecule has 0 saturated carbocycles. The molecule has 1 fully saturated rings. The van der Waals surface area contributed by atoms with Gasteiger partial charge in [0.2, 0.25) is 0 Å². The van der Waals surface area contributed by atoms with Crippen LogP contribution in [-0.4, -0.2) is 47.5 Å². The third-order valence-electron chi connectivity index (χ3n) is 4.11. The summed E-state index contributed by atoms with van der Waals surface area (Å²) >= 11 is 0. The van der Waals surface area contributed by atoms with Gasteiger partial charge < -0.3 is 19.9 Å². The molecule has 0 aliphatic carbocycles. The normalized spacial score (nSPS) is 16.1. The Morgan fingerprint density at radius 1 is 1.30 bits per heavy atom. The topological polar surface area (TPSA) is 49.8 Å². The van der Waals surface area contributed by atoms with Crippen molar-refractivity contribution in [2.75, 3.05) is 38.1 Å². The Hall–Kier alpha value is -1.59. The van der Waals surface area contributed by atoms with Crippen molar-refractivity contribution in [2.45, 2.75) is 19.4 Å². The fourth-order valence-corrected chi connectivity index (χ4v) is 2.93. The van der Waals surface area contributed by atoms with E-state index >= 15 is 0 Å². The number of likely N-dealkylation sites (N-methyl/N-ethyl adjacent to an activating group) is 1. The second-order valence-electron chi connectivity index (χ2n) is 5.49. The summed E-state index contributed by atoms with van der Waals surface area (Å²) in [6.45, 7) is 5.09. The second-order valence-corrected chi connectivity index (χ2v) is 5.49. The maximum absolute atomic E-state index is 5.92. The highest BCUT2D eigenvalue weighted by Gasteiger charge is 2.16. The molecule has 1 aliphatic rings. The highest BCUT2D eigenvalue weighted by Crippen LogP contribution is 2.20. The molecule has 108 valence electrons. The van der Waals surface area contributed by atoms with E-state index in [4.69, 9.17) is 10.7 Å². The first kappa shape index (κ1) is 13.4. The zero-order valence-electron chi connectivity index (χ0n) is 12.1. The summed E-state index contributed by atoms with van der Waals surface area (Å²) in [5.74, 6) is 1.01. The van der Waals surface area contributed by atoms with Crippen LogP contribution >= 0.6 is 0 Å². The van der Waals surface area contributed by atoms with Crippen LogP contribution in [0, 0.1) is 0 Å². The van der Waals surface area contributed by atoms with E-state index in [2.05, 4.69) is 21.2 Å². The first-order chi connectivity index (χ1) is 9.79. The van der Waals surface area contributed by atoms with E-state index in [9.17, 15) is 0 Å². The molecule has 3 rings (SSSR count). The quantitative estimate of drug-likeness (QED) is 0.893. The molecule has 2 N–H and O–H groups in total. The Balaban J connectivity index is 1.77. The van der Waals surface area contributed by atoms with Gasteiger partial charge >= 0.3 is 0 Å². The smallest absolute Gasteiger partial charge is 0.152 e. The van der Waals surface area contributed by atoms with Gasteiger partial charge in [-0.05, 0) is 38.1 Å². The first-order valence-corrected chi connectivity index (χ1v) is 7.39. The van der Waals surface area contributed by atoms with Gasteiger partial charge in [-0.2, -0.15) is 0 Å². The van der Waals surface area contributed by atoms with E-state index in [1.165, 1.54) is 25.9 Å². The van der Waals surface area contributed by atoms with Crippen LogP contribution in [0.3, 0.4) is 0 Å². The van der Waals surface area contributed by atoms with Crippen LogP contribution in [0.5, 0.6) is 0 Å². The second kappa shape index (κ2) is 5.81. The van der Waals surface area contributed by atoms with Crippen molar-refractivity contribution in [2.24, 2.45) is 5.73 Å². The molecule has 0 radical (unpaired) electrons. The van der Waals surface area contributed by atoms with Crippen molar-refractivity contribution in [1.82, 2.24) is 14.3 Å². The molecule has 0 aromatic carbocycles. The standard InChI is InChI=1S/C15H23N5/c1-18(10-11-19-7-4-5-8-19)15-13(12-16)20-9-3-2-6-14(20)17-15/h2-3,6,9H,4-5,7-8,10-12,16H2,1H3. The van der Waals surface area contributed by atoms with Gasteiger partial charge in [0, 0.05) is 32.9 Å². The van der Waals surface area contributed by atoms with Crippen LogP contribution in [0.25, 0.3) is 5.65 Å². The minimum Gasteiger partial charge on any atom is -0.357 e. The lowest BCUT2D eigenvalue weighted by atomic mass is 10.3. The van der Waals surface area contributed by atoms with Gasteiger partial charge in [0.15, 0.2) is 5.82 Å². The van der Waals surface area contributed by atoms with Gasteiger partial charge in [-0.1, -0.05) is 6.07 Å². The fourth-order valence-electron chi connectivity index (χ4n) is 2.93.